The van der Waals surface area contributed by atoms with E-state index >= 15 is 0 Å². The molecular formula is C58H110NO8P. The van der Waals surface area contributed by atoms with Crippen molar-refractivity contribution in [3.63, 3.8) is 0 Å². The standard InChI is InChI=1S/C58H110NO8P/c1-6-8-10-12-14-16-18-19-20-21-22-23-24-25-26-27-28-29-30-31-32-33-34-35-36-37-38-39-41-43-45-47-49-51-58(61)67-56(55-66-68(62,63)65-53-52-59(3,4)5)54-64-57(60)50-48-46-44-42-40-17-15-13-11-9-7-2/h13,15,18-19,21-22,56H,6-12,14,16-17,20,23-55H2,1-5H3/b15-13-,19-18-,22-21-. The fraction of sp³-hybridized carbons (Fsp3) is 0.862. The number of hydrogen-bond donors (Lipinski definition) is 0. The van der Waals surface area contributed by atoms with Gasteiger partial charge < -0.3 is 27.9 Å². The zero-order valence-corrected chi connectivity index (χ0v) is 46.2. The van der Waals surface area contributed by atoms with Crippen molar-refractivity contribution in [3.05, 3.63) is 36.5 Å². The molecule has 2 atom stereocenters. The molecule has 0 N–H and O–H groups in total. The first-order chi connectivity index (χ1) is 33.0. The number of hydrogen-bond acceptors (Lipinski definition) is 8. The van der Waals surface area contributed by atoms with Crippen molar-refractivity contribution in [3.8, 4) is 0 Å². The molecule has 0 aliphatic carbocycles. The van der Waals surface area contributed by atoms with E-state index in [1.54, 1.807) is 0 Å². The quantitative estimate of drug-likeness (QED) is 0.0195. The molecule has 0 heterocycles. The molecule has 0 amide bonds. The van der Waals surface area contributed by atoms with Gasteiger partial charge in [-0.15, -0.1) is 0 Å². The summed E-state index contributed by atoms with van der Waals surface area (Å²) in [6.45, 7) is 4.20. The summed E-state index contributed by atoms with van der Waals surface area (Å²) in [6, 6.07) is 0. The summed E-state index contributed by atoms with van der Waals surface area (Å²) < 4.78 is 34.0. The first-order valence-electron chi connectivity index (χ1n) is 28.7. The lowest BCUT2D eigenvalue weighted by Crippen LogP contribution is -2.37. The van der Waals surface area contributed by atoms with Crippen LogP contribution in [0.5, 0.6) is 0 Å². The minimum Gasteiger partial charge on any atom is -0.756 e. The smallest absolute Gasteiger partial charge is 0.306 e. The van der Waals surface area contributed by atoms with Gasteiger partial charge in [0.1, 0.15) is 19.8 Å². The number of carbonyl (C=O) groups is 2. The fourth-order valence-corrected chi connectivity index (χ4v) is 8.87. The number of quaternary nitrogens is 1. The second-order valence-electron chi connectivity index (χ2n) is 20.6. The number of phosphoric ester groups is 1. The number of allylic oxidation sites excluding steroid dienone is 6. The Bertz CT molecular complexity index is 1250. The van der Waals surface area contributed by atoms with E-state index in [1.165, 1.54) is 173 Å². The number of esters is 2. The molecule has 0 aliphatic heterocycles. The molecule has 0 rings (SSSR count). The molecule has 0 aromatic heterocycles. The highest BCUT2D eigenvalue weighted by Crippen LogP contribution is 2.38. The van der Waals surface area contributed by atoms with Crippen LogP contribution >= 0.6 is 7.82 Å². The Balaban J connectivity index is 3.95. The lowest BCUT2D eigenvalue weighted by molar-refractivity contribution is -0.870. The molecule has 2 unspecified atom stereocenters. The zero-order valence-electron chi connectivity index (χ0n) is 45.3. The molecule has 0 saturated heterocycles. The van der Waals surface area contributed by atoms with Gasteiger partial charge in [-0.25, -0.2) is 0 Å². The molecular weight excluding hydrogens is 870 g/mol. The van der Waals surface area contributed by atoms with Crippen LogP contribution in [0.25, 0.3) is 0 Å². The van der Waals surface area contributed by atoms with E-state index in [-0.39, 0.29) is 26.1 Å². The maximum Gasteiger partial charge on any atom is 0.306 e. The summed E-state index contributed by atoms with van der Waals surface area (Å²) in [6.07, 6.45) is 60.7. The average Bonchev–Trinajstić information content (AvgIpc) is 3.30. The second-order valence-corrected chi connectivity index (χ2v) is 22.1. The highest BCUT2D eigenvalue weighted by atomic mass is 31.2. The van der Waals surface area contributed by atoms with Crippen molar-refractivity contribution in [1.29, 1.82) is 0 Å². The molecule has 0 saturated carbocycles. The monoisotopic (exact) mass is 980 g/mol. The van der Waals surface area contributed by atoms with Gasteiger partial charge in [0.2, 0.25) is 0 Å². The number of nitrogens with zero attached hydrogens (tertiary/aromatic N) is 1. The van der Waals surface area contributed by atoms with Crippen LogP contribution in [0.2, 0.25) is 0 Å². The summed E-state index contributed by atoms with van der Waals surface area (Å²) in [7, 11) is 1.17. The minimum absolute atomic E-state index is 0.0304. The summed E-state index contributed by atoms with van der Waals surface area (Å²) in [5, 5.41) is 0. The summed E-state index contributed by atoms with van der Waals surface area (Å²) in [4.78, 5) is 37.7. The lowest BCUT2D eigenvalue weighted by Gasteiger charge is -2.28. The molecule has 400 valence electrons. The van der Waals surface area contributed by atoms with Gasteiger partial charge in [-0.1, -0.05) is 230 Å². The van der Waals surface area contributed by atoms with Crippen LogP contribution in [0.1, 0.15) is 271 Å². The molecule has 0 aromatic rings. The third kappa shape index (κ3) is 53.6. The van der Waals surface area contributed by atoms with E-state index in [1.807, 2.05) is 21.1 Å². The van der Waals surface area contributed by atoms with Gasteiger partial charge in [0, 0.05) is 12.8 Å². The number of unbranched alkanes of at least 4 members (excludes halogenated alkanes) is 33. The lowest BCUT2D eigenvalue weighted by atomic mass is 10.0. The van der Waals surface area contributed by atoms with Crippen molar-refractivity contribution in [1.82, 2.24) is 0 Å². The summed E-state index contributed by atoms with van der Waals surface area (Å²) in [5.74, 6) is -0.835. The molecule has 0 aliphatic rings. The van der Waals surface area contributed by atoms with E-state index in [4.69, 9.17) is 18.5 Å². The predicted molar refractivity (Wildman–Crippen MR) is 287 cm³/mol. The van der Waals surface area contributed by atoms with Gasteiger partial charge in [-0.2, -0.15) is 0 Å². The van der Waals surface area contributed by atoms with Crippen molar-refractivity contribution in [2.24, 2.45) is 0 Å². The Hall–Kier alpha value is -1.77. The summed E-state index contributed by atoms with van der Waals surface area (Å²) in [5.41, 5.74) is 0. The number of phosphoric acid groups is 1. The van der Waals surface area contributed by atoms with Crippen LogP contribution in [0, 0.1) is 0 Å². The number of ether oxygens (including phenoxy) is 2. The molecule has 0 fully saturated rings. The molecule has 9 nitrogen and oxygen atoms in total. The SMILES string of the molecule is CCCC/C=C\CCCCCCCC(=O)OCC(COP(=O)([O-])OCC[N+](C)(C)C)OC(=O)CCCCCCCCCCCCCCCCCCCCCCC/C=C\C/C=C\CCCCCCC. The second kappa shape index (κ2) is 50.2. The third-order valence-corrected chi connectivity index (χ3v) is 13.6. The summed E-state index contributed by atoms with van der Waals surface area (Å²) >= 11 is 0. The van der Waals surface area contributed by atoms with E-state index in [0.717, 1.165) is 64.2 Å². The van der Waals surface area contributed by atoms with Crippen molar-refractivity contribution in [2.75, 3.05) is 47.5 Å². The maximum absolute atomic E-state index is 12.8. The molecule has 68 heavy (non-hydrogen) atoms. The number of likely N-dealkylation sites (N-methyl/N-ethyl adjacent to an activating group) is 1. The Morgan fingerprint density at radius 3 is 1.22 bits per heavy atom. The van der Waals surface area contributed by atoms with Crippen LogP contribution < -0.4 is 4.89 Å². The topological polar surface area (TPSA) is 111 Å². The highest BCUT2D eigenvalue weighted by molar-refractivity contribution is 7.45. The largest absolute Gasteiger partial charge is 0.756 e. The molecule has 0 aromatic carbocycles. The molecule has 0 radical (unpaired) electrons. The van der Waals surface area contributed by atoms with Crippen LogP contribution in [0.4, 0.5) is 0 Å². The highest BCUT2D eigenvalue weighted by Gasteiger charge is 2.22. The van der Waals surface area contributed by atoms with E-state index in [2.05, 4.69) is 50.3 Å². The normalized spacial score (nSPS) is 13.6. The van der Waals surface area contributed by atoms with Crippen LogP contribution in [0.3, 0.4) is 0 Å². The fourth-order valence-electron chi connectivity index (χ4n) is 8.14. The van der Waals surface area contributed by atoms with Crippen molar-refractivity contribution in [2.45, 2.75) is 277 Å². The van der Waals surface area contributed by atoms with Gasteiger partial charge in [-0.3, -0.25) is 14.2 Å². The molecule has 0 bridgehead atoms. The first-order valence-corrected chi connectivity index (χ1v) is 30.2. The number of carbonyl (C=O) groups excluding carboxylic acids is 2. The van der Waals surface area contributed by atoms with Crippen LogP contribution in [0.15, 0.2) is 36.5 Å². The van der Waals surface area contributed by atoms with E-state index < -0.39 is 32.5 Å². The number of rotatable bonds is 53. The Morgan fingerprint density at radius 2 is 0.809 bits per heavy atom. The van der Waals surface area contributed by atoms with Gasteiger partial charge in [0.05, 0.1) is 27.7 Å². The minimum atomic E-state index is -4.63. The Labute approximate surface area is 421 Å². The maximum atomic E-state index is 12.8. The van der Waals surface area contributed by atoms with Gasteiger partial charge in [-0.05, 0) is 64.2 Å². The average molecular weight is 980 g/mol. The Kier molecular flexibility index (Phi) is 48.9. The zero-order chi connectivity index (χ0) is 49.9. The van der Waals surface area contributed by atoms with E-state index in [0.29, 0.717) is 17.4 Å². The molecule has 10 heteroatoms. The Morgan fingerprint density at radius 1 is 0.456 bits per heavy atom. The van der Waals surface area contributed by atoms with Gasteiger partial charge in [0.15, 0.2) is 6.10 Å². The van der Waals surface area contributed by atoms with E-state index in [9.17, 15) is 19.0 Å². The van der Waals surface area contributed by atoms with Crippen LogP contribution in [-0.4, -0.2) is 70.0 Å². The van der Waals surface area contributed by atoms with Crippen LogP contribution in [-0.2, 0) is 32.7 Å². The van der Waals surface area contributed by atoms with Crippen molar-refractivity contribution >= 4 is 19.8 Å². The van der Waals surface area contributed by atoms with Gasteiger partial charge >= 0.3 is 11.9 Å². The third-order valence-electron chi connectivity index (χ3n) is 12.6. The van der Waals surface area contributed by atoms with Crippen molar-refractivity contribution < 1.29 is 42.1 Å². The first kappa shape index (κ1) is 66.2. The van der Waals surface area contributed by atoms with Gasteiger partial charge in [0.25, 0.3) is 7.82 Å². The molecule has 0 spiro atoms. The predicted octanol–water partition coefficient (Wildman–Crippen LogP) is 17.0.